The predicted molar refractivity (Wildman–Crippen MR) is 293 cm³/mol. The second kappa shape index (κ2) is 14.9. The summed E-state index contributed by atoms with van der Waals surface area (Å²) in [6.45, 7) is 9.58. The molecule has 10 aromatic carbocycles. The van der Waals surface area contributed by atoms with E-state index in [1.807, 2.05) is 12.1 Å². The van der Waals surface area contributed by atoms with Crippen LogP contribution in [-0.4, -0.2) is 4.57 Å². The van der Waals surface area contributed by atoms with Crippen molar-refractivity contribution in [3.8, 4) is 27.9 Å². The Morgan fingerprint density at radius 2 is 0.871 bits per heavy atom. The minimum atomic E-state index is -0.207. The molecule has 0 N–H and O–H groups in total. The van der Waals surface area contributed by atoms with Crippen molar-refractivity contribution >= 4 is 77.9 Å². The molecule has 0 amide bonds. The Balaban J connectivity index is 0.884. The van der Waals surface area contributed by atoms with Crippen molar-refractivity contribution in [1.82, 2.24) is 4.57 Å². The smallest absolute Gasteiger partial charge is 0.135 e. The normalized spacial score (nSPS) is 14.2. The molecule has 4 nitrogen and oxygen atoms in total. The Kier molecular flexibility index (Phi) is 8.64. The van der Waals surface area contributed by atoms with Gasteiger partial charge in [-0.2, -0.15) is 0 Å². The largest absolute Gasteiger partial charge is 0.456 e. The summed E-state index contributed by atoms with van der Waals surface area (Å²) < 4.78 is 8.70. The van der Waals surface area contributed by atoms with Crippen molar-refractivity contribution in [2.45, 2.75) is 38.5 Å². The van der Waals surface area contributed by atoms with Gasteiger partial charge in [0.15, 0.2) is 0 Å². The summed E-state index contributed by atoms with van der Waals surface area (Å²) in [4.78, 5) is 4.91. The summed E-state index contributed by atoms with van der Waals surface area (Å²) >= 11 is 0. The third-order valence-electron chi connectivity index (χ3n) is 15.5. The quantitative estimate of drug-likeness (QED) is 0.166. The van der Waals surface area contributed by atoms with Crippen molar-refractivity contribution in [1.29, 1.82) is 0 Å². The standard InChI is InChI=1S/C66H49N3O/c1-65(2)54-20-10-13-23-60(54)69-61-24-14-11-21-55(61)66(3,4)57-40-45(39-56(65)64(57)69)43-28-33-48(34-29-43)67(49-35-37-63-53(41-49)51-19-9-15-25-62(51)70-63)47-31-26-42(27-32-47)44-30-36-59-52(38-44)50-18-8-12-22-58(50)68(59)46-16-6-5-7-17-46/h5-41H,1-4H3. The molecule has 0 unspecified atom stereocenters. The van der Waals surface area contributed by atoms with Gasteiger partial charge < -0.3 is 18.8 Å². The van der Waals surface area contributed by atoms with E-state index in [4.69, 9.17) is 4.42 Å². The van der Waals surface area contributed by atoms with Gasteiger partial charge in [0.05, 0.1) is 28.1 Å². The average Bonchev–Trinajstić information content (AvgIpc) is 3.94. The van der Waals surface area contributed by atoms with Crippen molar-refractivity contribution in [2.75, 3.05) is 9.80 Å². The number of fused-ring (bicyclic) bond motifs is 10. The molecule has 14 rings (SSSR count). The van der Waals surface area contributed by atoms with Crippen LogP contribution in [0.4, 0.5) is 34.1 Å². The van der Waals surface area contributed by atoms with Gasteiger partial charge in [-0.15, -0.1) is 0 Å². The molecule has 2 aromatic heterocycles. The third kappa shape index (κ3) is 5.89. The maximum absolute atomic E-state index is 6.33. The fourth-order valence-corrected chi connectivity index (χ4v) is 12.0. The number of anilines is 6. The molecule has 4 heterocycles. The van der Waals surface area contributed by atoms with Crippen molar-refractivity contribution < 1.29 is 4.42 Å². The summed E-state index contributed by atoms with van der Waals surface area (Å²) in [6, 6.07) is 82.3. The molecule has 4 heteroatoms. The van der Waals surface area contributed by atoms with Gasteiger partial charge in [0.2, 0.25) is 0 Å². The summed E-state index contributed by atoms with van der Waals surface area (Å²) in [5.41, 5.74) is 22.2. The average molecular weight is 900 g/mol. The van der Waals surface area contributed by atoms with E-state index in [9.17, 15) is 0 Å². The molecule has 2 aliphatic heterocycles. The number of furan rings is 1. The van der Waals surface area contributed by atoms with Crippen molar-refractivity contribution in [3.63, 3.8) is 0 Å². The zero-order valence-electron chi connectivity index (χ0n) is 39.6. The number of hydrogen-bond acceptors (Lipinski definition) is 3. The van der Waals surface area contributed by atoms with Crippen LogP contribution in [0.1, 0.15) is 49.9 Å². The molecule has 0 atom stereocenters. The molecular formula is C66H49N3O. The monoisotopic (exact) mass is 899 g/mol. The van der Waals surface area contributed by atoms with Crippen LogP contribution < -0.4 is 9.80 Å². The highest BCUT2D eigenvalue weighted by molar-refractivity contribution is 6.11. The van der Waals surface area contributed by atoms with Crippen LogP contribution in [0.2, 0.25) is 0 Å². The van der Waals surface area contributed by atoms with Crippen LogP contribution in [0.3, 0.4) is 0 Å². The van der Waals surface area contributed by atoms with Gasteiger partial charge in [-0.3, -0.25) is 0 Å². The van der Waals surface area contributed by atoms with Gasteiger partial charge in [0, 0.05) is 55.1 Å². The van der Waals surface area contributed by atoms with Crippen LogP contribution in [0.5, 0.6) is 0 Å². The first-order chi connectivity index (χ1) is 34.2. The Labute approximate surface area is 407 Å². The number of nitrogens with zero attached hydrogens (tertiary/aromatic N) is 3. The third-order valence-corrected chi connectivity index (χ3v) is 15.5. The molecule has 0 bridgehead atoms. The zero-order chi connectivity index (χ0) is 46.9. The minimum Gasteiger partial charge on any atom is -0.456 e. The maximum Gasteiger partial charge on any atom is 0.135 e. The molecular weight excluding hydrogens is 851 g/mol. The molecule has 0 radical (unpaired) electrons. The highest BCUT2D eigenvalue weighted by atomic mass is 16.3. The maximum atomic E-state index is 6.33. The topological polar surface area (TPSA) is 24.6 Å². The number of aromatic nitrogens is 1. The van der Waals surface area contributed by atoms with E-state index in [0.717, 1.165) is 44.7 Å². The van der Waals surface area contributed by atoms with Crippen molar-refractivity contribution in [3.05, 3.63) is 247 Å². The van der Waals surface area contributed by atoms with E-state index in [-0.39, 0.29) is 10.8 Å². The lowest BCUT2D eigenvalue weighted by Crippen LogP contribution is -2.38. The van der Waals surface area contributed by atoms with Gasteiger partial charge in [0.1, 0.15) is 11.2 Å². The van der Waals surface area contributed by atoms with Gasteiger partial charge in [-0.1, -0.05) is 149 Å². The summed E-state index contributed by atoms with van der Waals surface area (Å²) in [6.07, 6.45) is 0. The molecule has 2 aliphatic rings. The number of rotatable bonds is 6. The Hall–Kier alpha value is -8.60. The molecule has 0 fully saturated rings. The fraction of sp³-hybridized carbons (Fsp3) is 0.0909. The van der Waals surface area contributed by atoms with Crippen LogP contribution in [0.15, 0.2) is 229 Å². The number of hydrogen-bond donors (Lipinski definition) is 0. The molecule has 0 saturated heterocycles. The minimum absolute atomic E-state index is 0.207. The van der Waals surface area contributed by atoms with Gasteiger partial charge >= 0.3 is 0 Å². The first-order valence-corrected chi connectivity index (χ1v) is 24.4. The molecule has 12 aromatic rings. The highest BCUT2D eigenvalue weighted by Crippen LogP contribution is 2.60. The molecule has 0 saturated carbocycles. The number of para-hydroxylation sites is 5. The first-order valence-electron chi connectivity index (χ1n) is 24.4. The van der Waals surface area contributed by atoms with E-state index in [0.29, 0.717) is 0 Å². The number of benzene rings is 10. The summed E-state index contributed by atoms with van der Waals surface area (Å²) in [7, 11) is 0. The van der Waals surface area contributed by atoms with Crippen LogP contribution in [0.25, 0.3) is 71.7 Å². The van der Waals surface area contributed by atoms with E-state index < -0.39 is 0 Å². The van der Waals surface area contributed by atoms with E-state index in [1.165, 1.54) is 83.4 Å². The van der Waals surface area contributed by atoms with Gasteiger partial charge in [-0.05, 0) is 148 Å². The lowest BCUT2D eigenvalue weighted by atomic mass is 9.65. The van der Waals surface area contributed by atoms with Crippen LogP contribution in [-0.2, 0) is 10.8 Å². The first kappa shape index (κ1) is 40.5. The molecule has 0 aliphatic carbocycles. The lowest BCUT2D eigenvalue weighted by Gasteiger charge is -2.49. The molecule has 70 heavy (non-hydrogen) atoms. The SMILES string of the molecule is CC1(C)c2ccccc2N2c3ccccc3C(C)(C)c3cc(-c4ccc(N(c5ccc(-c6ccc7c(c6)c6ccccc6n7-c6ccccc6)cc5)c5ccc6oc7ccccc7c6c5)cc4)cc1c32. The molecule has 334 valence electrons. The molecule has 0 spiro atoms. The second-order valence-electron chi connectivity index (χ2n) is 20.2. The van der Waals surface area contributed by atoms with Crippen LogP contribution >= 0.6 is 0 Å². The lowest BCUT2D eigenvalue weighted by molar-refractivity contribution is 0.598. The predicted octanol–water partition coefficient (Wildman–Crippen LogP) is 18.2. The zero-order valence-corrected chi connectivity index (χ0v) is 39.6. The second-order valence-corrected chi connectivity index (χ2v) is 20.2. The van der Waals surface area contributed by atoms with Gasteiger partial charge in [-0.25, -0.2) is 0 Å². The van der Waals surface area contributed by atoms with Crippen LogP contribution in [0, 0.1) is 0 Å². The Morgan fingerprint density at radius 1 is 0.357 bits per heavy atom. The summed E-state index contributed by atoms with van der Waals surface area (Å²) in [5, 5.41) is 4.70. The van der Waals surface area contributed by atoms with E-state index in [1.54, 1.807) is 0 Å². The Bertz CT molecular complexity index is 3980. The summed E-state index contributed by atoms with van der Waals surface area (Å²) in [5.74, 6) is 0. The van der Waals surface area contributed by atoms with Gasteiger partial charge in [0.25, 0.3) is 0 Å². The fourth-order valence-electron chi connectivity index (χ4n) is 12.0. The van der Waals surface area contributed by atoms with E-state index >= 15 is 0 Å². The highest BCUT2D eigenvalue weighted by Gasteiger charge is 2.45. The van der Waals surface area contributed by atoms with E-state index in [2.05, 4.69) is 254 Å². The Morgan fingerprint density at radius 3 is 1.54 bits per heavy atom. The van der Waals surface area contributed by atoms with Crippen molar-refractivity contribution in [2.24, 2.45) is 0 Å².